The topological polar surface area (TPSA) is 34.1 Å². The zero-order valence-electron chi connectivity index (χ0n) is 13.5. The third-order valence-corrected chi connectivity index (χ3v) is 3.57. The molecular formula is C18H24N2O. The number of aryl methyl sites for hydroxylation is 3. The van der Waals surface area contributed by atoms with E-state index in [4.69, 9.17) is 4.74 Å². The predicted molar refractivity (Wildman–Crippen MR) is 86.9 cm³/mol. The third kappa shape index (κ3) is 4.30. The summed E-state index contributed by atoms with van der Waals surface area (Å²) >= 11 is 0. The van der Waals surface area contributed by atoms with Crippen molar-refractivity contribution in [3.05, 3.63) is 52.7 Å². The van der Waals surface area contributed by atoms with Gasteiger partial charge in [-0.15, -0.1) is 0 Å². The van der Waals surface area contributed by atoms with Crippen molar-refractivity contribution in [1.82, 2.24) is 10.3 Å². The highest BCUT2D eigenvalue weighted by atomic mass is 16.5. The van der Waals surface area contributed by atoms with Crippen molar-refractivity contribution in [3.63, 3.8) is 0 Å². The van der Waals surface area contributed by atoms with E-state index in [0.717, 1.165) is 18.0 Å². The lowest BCUT2D eigenvalue weighted by Gasteiger charge is -2.12. The van der Waals surface area contributed by atoms with Gasteiger partial charge in [0, 0.05) is 24.3 Å². The first-order valence-corrected chi connectivity index (χ1v) is 7.40. The third-order valence-electron chi connectivity index (χ3n) is 3.57. The second-order valence-electron chi connectivity index (χ2n) is 5.78. The minimum Gasteiger partial charge on any atom is -0.439 e. The van der Waals surface area contributed by atoms with Crippen LogP contribution in [0.25, 0.3) is 0 Å². The van der Waals surface area contributed by atoms with Gasteiger partial charge in [-0.3, -0.25) is 0 Å². The number of pyridine rings is 1. The standard InChI is InChI=1S/C18H24N2O/c1-12(2)19-11-16-7-9-18(20-15(16)5)21-17-8-6-13(3)14(4)10-17/h6-10,12,19H,11H2,1-5H3. The maximum atomic E-state index is 5.84. The highest BCUT2D eigenvalue weighted by molar-refractivity contribution is 5.36. The number of nitrogens with zero attached hydrogens (tertiary/aromatic N) is 1. The fourth-order valence-corrected chi connectivity index (χ4v) is 2.02. The molecule has 0 aliphatic heterocycles. The molecule has 0 saturated heterocycles. The van der Waals surface area contributed by atoms with E-state index in [0.29, 0.717) is 11.9 Å². The Kier molecular flexibility index (Phi) is 4.97. The lowest BCUT2D eigenvalue weighted by Crippen LogP contribution is -2.22. The van der Waals surface area contributed by atoms with Gasteiger partial charge in [0.15, 0.2) is 0 Å². The van der Waals surface area contributed by atoms with Crippen LogP contribution < -0.4 is 10.1 Å². The van der Waals surface area contributed by atoms with Crippen LogP contribution in [0.3, 0.4) is 0 Å². The van der Waals surface area contributed by atoms with Gasteiger partial charge >= 0.3 is 0 Å². The summed E-state index contributed by atoms with van der Waals surface area (Å²) in [4.78, 5) is 4.54. The van der Waals surface area contributed by atoms with Crippen molar-refractivity contribution in [2.45, 2.75) is 47.2 Å². The second kappa shape index (κ2) is 6.72. The van der Waals surface area contributed by atoms with E-state index in [-0.39, 0.29) is 0 Å². The molecule has 0 spiro atoms. The summed E-state index contributed by atoms with van der Waals surface area (Å²) in [6.07, 6.45) is 0. The van der Waals surface area contributed by atoms with Crippen LogP contribution >= 0.6 is 0 Å². The molecule has 0 radical (unpaired) electrons. The summed E-state index contributed by atoms with van der Waals surface area (Å²) in [6, 6.07) is 10.6. The molecule has 21 heavy (non-hydrogen) atoms. The Balaban J connectivity index is 2.10. The minimum atomic E-state index is 0.468. The van der Waals surface area contributed by atoms with Crippen LogP contribution in [0.5, 0.6) is 11.6 Å². The van der Waals surface area contributed by atoms with Gasteiger partial charge in [0.2, 0.25) is 5.88 Å². The molecule has 1 heterocycles. The number of nitrogens with one attached hydrogen (secondary N) is 1. The lowest BCUT2D eigenvalue weighted by atomic mass is 10.1. The minimum absolute atomic E-state index is 0.468. The summed E-state index contributed by atoms with van der Waals surface area (Å²) in [5.41, 5.74) is 4.70. The monoisotopic (exact) mass is 284 g/mol. The summed E-state index contributed by atoms with van der Waals surface area (Å²) in [6.45, 7) is 11.3. The van der Waals surface area contributed by atoms with Crippen LogP contribution in [0.1, 0.15) is 36.2 Å². The van der Waals surface area contributed by atoms with Gasteiger partial charge < -0.3 is 10.1 Å². The van der Waals surface area contributed by atoms with Crippen molar-refractivity contribution in [2.24, 2.45) is 0 Å². The molecule has 0 amide bonds. The first-order chi connectivity index (χ1) is 9.95. The van der Waals surface area contributed by atoms with Gasteiger partial charge in [0.1, 0.15) is 5.75 Å². The highest BCUT2D eigenvalue weighted by Gasteiger charge is 2.05. The Morgan fingerprint density at radius 3 is 2.43 bits per heavy atom. The number of ether oxygens (including phenoxy) is 1. The molecule has 0 atom stereocenters. The first-order valence-electron chi connectivity index (χ1n) is 7.40. The van der Waals surface area contributed by atoms with E-state index in [2.05, 4.69) is 50.1 Å². The van der Waals surface area contributed by atoms with Crippen LogP contribution in [-0.2, 0) is 6.54 Å². The molecule has 0 fully saturated rings. The molecule has 0 bridgehead atoms. The first kappa shape index (κ1) is 15.5. The Morgan fingerprint density at radius 1 is 1.05 bits per heavy atom. The number of aromatic nitrogens is 1. The molecule has 1 N–H and O–H groups in total. The van der Waals surface area contributed by atoms with Gasteiger partial charge in [-0.05, 0) is 49.6 Å². The predicted octanol–water partition coefficient (Wildman–Crippen LogP) is 4.30. The summed E-state index contributed by atoms with van der Waals surface area (Å²) in [7, 11) is 0. The number of hydrogen-bond acceptors (Lipinski definition) is 3. The van der Waals surface area contributed by atoms with E-state index in [1.54, 1.807) is 0 Å². The Labute approximate surface area is 127 Å². The summed E-state index contributed by atoms with van der Waals surface area (Å²) in [5.74, 6) is 1.47. The molecule has 3 nitrogen and oxygen atoms in total. The molecule has 0 aliphatic carbocycles. The van der Waals surface area contributed by atoms with Crippen LogP contribution in [-0.4, -0.2) is 11.0 Å². The summed E-state index contributed by atoms with van der Waals surface area (Å²) in [5, 5.41) is 3.40. The summed E-state index contributed by atoms with van der Waals surface area (Å²) < 4.78 is 5.84. The van der Waals surface area contributed by atoms with Gasteiger partial charge in [0.05, 0.1) is 0 Å². The fraction of sp³-hybridized carbons (Fsp3) is 0.389. The quantitative estimate of drug-likeness (QED) is 0.889. The largest absolute Gasteiger partial charge is 0.439 e. The van der Waals surface area contributed by atoms with Crippen molar-refractivity contribution in [1.29, 1.82) is 0 Å². The van der Waals surface area contributed by atoms with Crippen LogP contribution in [0.4, 0.5) is 0 Å². The molecule has 0 aliphatic rings. The van der Waals surface area contributed by atoms with Crippen molar-refractivity contribution in [3.8, 4) is 11.6 Å². The average Bonchev–Trinajstić information content (AvgIpc) is 2.42. The van der Waals surface area contributed by atoms with Crippen molar-refractivity contribution < 1.29 is 4.74 Å². The lowest BCUT2D eigenvalue weighted by molar-refractivity contribution is 0.460. The Morgan fingerprint density at radius 2 is 1.81 bits per heavy atom. The zero-order valence-corrected chi connectivity index (χ0v) is 13.5. The molecule has 2 rings (SSSR count). The van der Waals surface area contributed by atoms with Gasteiger partial charge in [0.25, 0.3) is 0 Å². The van der Waals surface area contributed by atoms with E-state index in [9.17, 15) is 0 Å². The molecule has 0 unspecified atom stereocenters. The molecule has 112 valence electrons. The maximum absolute atomic E-state index is 5.84. The van der Waals surface area contributed by atoms with Gasteiger partial charge in [-0.1, -0.05) is 26.0 Å². The highest BCUT2D eigenvalue weighted by Crippen LogP contribution is 2.23. The fourth-order valence-electron chi connectivity index (χ4n) is 2.02. The average molecular weight is 284 g/mol. The van der Waals surface area contributed by atoms with E-state index in [1.165, 1.54) is 16.7 Å². The van der Waals surface area contributed by atoms with E-state index >= 15 is 0 Å². The Hall–Kier alpha value is -1.87. The van der Waals surface area contributed by atoms with Crippen LogP contribution in [0.2, 0.25) is 0 Å². The van der Waals surface area contributed by atoms with E-state index < -0.39 is 0 Å². The molecule has 1 aromatic heterocycles. The van der Waals surface area contributed by atoms with Gasteiger partial charge in [-0.25, -0.2) is 4.98 Å². The smallest absolute Gasteiger partial charge is 0.219 e. The van der Waals surface area contributed by atoms with Crippen LogP contribution in [0, 0.1) is 20.8 Å². The van der Waals surface area contributed by atoms with Crippen molar-refractivity contribution >= 4 is 0 Å². The van der Waals surface area contributed by atoms with Crippen molar-refractivity contribution in [2.75, 3.05) is 0 Å². The normalized spacial score (nSPS) is 11.0. The SMILES string of the molecule is Cc1ccc(Oc2ccc(CNC(C)C)c(C)n2)cc1C. The zero-order chi connectivity index (χ0) is 15.4. The Bertz CT molecular complexity index is 621. The number of rotatable bonds is 5. The molecule has 2 aromatic rings. The number of benzene rings is 1. The molecule has 1 aromatic carbocycles. The van der Waals surface area contributed by atoms with Gasteiger partial charge in [-0.2, -0.15) is 0 Å². The molecule has 0 saturated carbocycles. The molecular weight excluding hydrogens is 260 g/mol. The number of hydrogen-bond donors (Lipinski definition) is 1. The second-order valence-corrected chi connectivity index (χ2v) is 5.78. The van der Waals surface area contributed by atoms with E-state index in [1.807, 2.05) is 25.1 Å². The van der Waals surface area contributed by atoms with Crippen LogP contribution in [0.15, 0.2) is 30.3 Å². The molecule has 3 heteroatoms. The maximum Gasteiger partial charge on any atom is 0.219 e.